The summed E-state index contributed by atoms with van der Waals surface area (Å²) in [6.45, 7) is 0. The monoisotopic (exact) mass is 510 g/mol. The molecule has 0 spiro atoms. The van der Waals surface area contributed by atoms with E-state index in [1.54, 1.807) is 0 Å². The van der Waals surface area contributed by atoms with Crippen molar-refractivity contribution in [1.29, 1.82) is 0 Å². The molecule has 2 aliphatic heterocycles. The van der Waals surface area contributed by atoms with Gasteiger partial charge in [0.1, 0.15) is 17.3 Å². The predicted molar refractivity (Wildman–Crippen MR) is 110 cm³/mol. The van der Waals surface area contributed by atoms with Gasteiger partial charge in [-0.1, -0.05) is 0 Å². The Hall–Kier alpha value is -4.04. The Bertz CT molecular complexity index is 1160. The first-order valence-electron chi connectivity index (χ1n) is 10.0. The molecule has 194 valence electrons. The number of fused-ring (bicyclic) bond motifs is 2. The number of esters is 6. The quantitative estimate of drug-likeness (QED) is 0.277. The van der Waals surface area contributed by atoms with Crippen LogP contribution in [-0.4, -0.2) is 97.5 Å². The molecule has 14 heteroatoms. The molecular weight excluding hydrogens is 488 g/mol. The third-order valence-corrected chi connectivity index (χ3v) is 6.09. The van der Waals surface area contributed by atoms with E-state index in [9.17, 15) is 28.8 Å². The average Bonchev–Trinajstić information content (AvgIpc) is 3.32. The average molecular weight is 510 g/mol. The summed E-state index contributed by atoms with van der Waals surface area (Å²) in [5.74, 6) is -9.35. The van der Waals surface area contributed by atoms with Gasteiger partial charge in [0.15, 0.2) is 5.41 Å². The normalized spacial score (nSPS) is 23.2. The summed E-state index contributed by atoms with van der Waals surface area (Å²) in [7, 11) is 6.98. The number of ether oxygens (including phenoxy) is 8. The van der Waals surface area contributed by atoms with Gasteiger partial charge in [-0.2, -0.15) is 0 Å². The van der Waals surface area contributed by atoms with Gasteiger partial charge >= 0.3 is 35.8 Å². The molecule has 0 unspecified atom stereocenters. The minimum Gasteiger partial charge on any atom is -0.468 e. The highest BCUT2D eigenvalue weighted by Gasteiger charge is 2.78. The van der Waals surface area contributed by atoms with Gasteiger partial charge < -0.3 is 37.9 Å². The zero-order chi connectivity index (χ0) is 27.2. The van der Waals surface area contributed by atoms with Crippen molar-refractivity contribution in [3.8, 4) is 0 Å². The molecule has 0 fully saturated rings. The highest BCUT2D eigenvalue weighted by atomic mass is 16.7. The first-order chi connectivity index (χ1) is 17.0. The summed E-state index contributed by atoms with van der Waals surface area (Å²) in [6.07, 6.45) is -1.73. The van der Waals surface area contributed by atoms with Crippen molar-refractivity contribution in [2.45, 2.75) is 11.9 Å². The van der Waals surface area contributed by atoms with Crippen LogP contribution in [0.15, 0.2) is 33.4 Å². The van der Waals surface area contributed by atoms with Gasteiger partial charge in [-0.3, -0.25) is 4.79 Å². The fraction of sp³-hybridized carbons (Fsp3) is 0.455. The zero-order valence-corrected chi connectivity index (χ0v) is 20.3. The Kier molecular flexibility index (Phi) is 6.79. The van der Waals surface area contributed by atoms with E-state index in [-0.39, 0.29) is 0 Å². The van der Waals surface area contributed by atoms with Crippen LogP contribution in [0.2, 0.25) is 0 Å². The summed E-state index contributed by atoms with van der Waals surface area (Å²) in [5, 5.41) is 0. The number of carbonyl (C=O) groups excluding carboxylic acids is 6. The Morgan fingerprint density at radius 1 is 0.583 bits per heavy atom. The van der Waals surface area contributed by atoms with E-state index in [1.165, 1.54) is 0 Å². The first-order valence-corrected chi connectivity index (χ1v) is 10.0. The number of rotatable bonds is 8. The van der Waals surface area contributed by atoms with Gasteiger partial charge in [-0.15, -0.1) is 0 Å². The highest BCUT2D eigenvalue weighted by Crippen LogP contribution is 2.67. The summed E-state index contributed by atoms with van der Waals surface area (Å²) in [6, 6.07) is 0. The molecule has 0 aromatic rings. The maximum absolute atomic E-state index is 13.3. The molecular formula is C22H22O14. The Balaban J connectivity index is 2.49. The molecule has 3 aliphatic rings. The molecule has 0 aromatic carbocycles. The van der Waals surface area contributed by atoms with Gasteiger partial charge in [-0.25, -0.2) is 24.0 Å². The standard InChI is InChI=1S/C22H22O14/c1-29-15(23)8-9(16(24)30-2)22(35-7)13(19(27)33-5)10(14(8)36-22)21(20(28)34-6)11(17(25)31-3)12(21)18(26)32-4/h14H,1-7H3/t14-,22-/m0/s1. The van der Waals surface area contributed by atoms with Crippen LogP contribution in [0, 0.1) is 5.41 Å². The molecule has 14 nitrogen and oxygen atoms in total. The van der Waals surface area contributed by atoms with Crippen molar-refractivity contribution in [3.63, 3.8) is 0 Å². The van der Waals surface area contributed by atoms with Crippen LogP contribution >= 0.6 is 0 Å². The second-order valence-electron chi connectivity index (χ2n) is 7.35. The lowest BCUT2D eigenvalue weighted by Gasteiger charge is -2.30. The second kappa shape index (κ2) is 9.20. The number of methoxy groups -OCH3 is 7. The van der Waals surface area contributed by atoms with Crippen molar-refractivity contribution in [1.82, 2.24) is 0 Å². The molecule has 3 rings (SSSR count). The van der Waals surface area contributed by atoms with Gasteiger partial charge in [0.25, 0.3) is 0 Å². The smallest absolute Gasteiger partial charge is 0.340 e. The van der Waals surface area contributed by atoms with Gasteiger partial charge in [0.05, 0.1) is 59.4 Å². The summed E-state index contributed by atoms with van der Waals surface area (Å²) >= 11 is 0. The Morgan fingerprint density at radius 2 is 1.00 bits per heavy atom. The largest absolute Gasteiger partial charge is 0.468 e. The Morgan fingerprint density at radius 3 is 1.39 bits per heavy atom. The fourth-order valence-electron chi connectivity index (χ4n) is 4.67. The third kappa shape index (κ3) is 3.10. The lowest BCUT2D eigenvalue weighted by atomic mass is 9.73. The lowest BCUT2D eigenvalue weighted by molar-refractivity contribution is -0.171. The van der Waals surface area contributed by atoms with Crippen LogP contribution in [0.1, 0.15) is 0 Å². The minimum atomic E-state index is -2.45. The second-order valence-corrected chi connectivity index (χ2v) is 7.35. The number of carbonyl (C=O) groups is 6. The van der Waals surface area contributed by atoms with E-state index < -0.39 is 86.6 Å². The van der Waals surface area contributed by atoms with E-state index in [0.29, 0.717) is 0 Å². The van der Waals surface area contributed by atoms with E-state index in [0.717, 1.165) is 49.8 Å². The van der Waals surface area contributed by atoms with Gasteiger partial charge in [-0.05, 0) is 0 Å². The highest BCUT2D eigenvalue weighted by molar-refractivity contribution is 6.24. The minimum absolute atomic E-state index is 0.447. The van der Waals surface area contributed by atoms with Gasteiger partial charge in [0, 0.05) is 12.7 Å². The number of hydrogen-bond donors (Lipinski definition) is 0. The SMILES string of the molecule is COC(=O)C1=C(C(=O)OC)[C@]2(OC)O[C@@H]1C(C1(C(=O)OC)C(C(=O)OC)=C1C(=O)OC)=C2C(=O)OC. The zero-order valence-electron chi connectivity index (χ0n) is 20.3. The molecule has 0 N–H and O–H groups in total. The topological polar surface area (TPSA) is 176 Å². The van der Waals surface area contributed by atoms with E-state index in [2.05, 4.69) is 0 Å². The van der Waals surface area contributed by atoms with Crippen LogP contribution in [0.4, 0.5) is 0 Å². The van der Waals surface area contributed by atoms with Crippen LogP contribution in [-0.2, 0) is 66.7 Å². The van der Waals surface area contributed by atoms with Crippen molar-refractivity contribution in [3.05, 3.63) is 33.4 Å². The van der Waals surface area contributed by atoms with Crippen molar-refractivity contribution < 1.29 is 66.7 Å². The van der Waals surface area contributed by atoms with E-state index >= 15 is 0 Å². The van der Waals surface area contributed by atoms with E-state index in [1.807, 2.05) is 0 Å². The summed E-state index contributed by atoms with van der Waals surface area (Å²) in [4.78, 5) is 77.5. The molecule has 2 bridgehead atoms. The molecule has 0 amide bonds. The van der Waals surface area contributed by atoms with Crippen molar-refractivity contribution in [2.24, 2.45) is 5.41 Å². The molecule has 0 radical (unpaired) electrons. The lowest BCUT2D eigenvalue weighted by Crippen LogP contribution is -2.43. The maximum Gasteiger partial charge on any atom is 0.340 e. The number of hydrogen-bond acceptors (Lipinski definition) is 14. The summed E-state index contributed by atoms with van der Waals surface area (Å²) in [5.41, 5.74) is -5.60. The third-order valence-electron chi connectivity index (χ3n) is 6.09. The first kappa shape index (κ1) is 26.6. The van der Waals surface area contributed by atoms with Crippen LogP contribution < -0.4 is 0 Å². The van der Waals surface area contributed by atoms with Crippen molar-refractivity contribution >= 4 is 35.8 Å². The molecule has 36 heavy (non-hydrogen) atoms. The predicted octanol–water partition coefficient (Wildman–Crippen LogP) is -1.33. The van der Waals surface area contributed by atoms with Crippen molar-refractivity contribution in [2.75, 3.05) is 49.8 Å². The summed E-state index contributed by atoms with van der Waals surface area (Å²) < 4.78 is 40.1. The maximum atomic E-state index is 13.3. The molecule has 0 aromatic heterocycles. The molecule has 2 heterocycles. The van der Waals surface area contributed by atoms with Crippen LogP contribution in [0.3, 0.4) is 0 Å². The van der Waals surface area contributed by atoms with Crippen LogP contribution in [0.5, 0.6) is 0 Å². The van der Waals surface area contributed by atoms with E-state index in [4.69, 9.17) is 37.9 Å². The Labute approximate surface area is 203 Å². The van der Waals surface area contributed by atoms with Crippen LogP contribution in [0.25, 0.3) is 0 Å². The fourth-order valence-corrected chi connectivity index (χ4v) is 4.67. The molecule has 0 saturated carbocycles. The molecule has 0 saturated heterocycles. The van der Waals surface area contributed by atoms with Gasteiger partial charge in [0.2, 0.25) is 5.79 Å². The molecule has 1 aliphatic carbocycles. The molecule has 2 atom stereocenters.